The summed E-state index contributed by atoms with van der Waals surface area (Å²) in [5.74, 6) is 0.967. The Bertz CT molecular complexity index is 429. The average Bonchev–Trinajstić information content (AvgIpc) is 2.75. The first-order valence-electron chi connectivity index (χ1n) is 5.26. The second-order valence-electron chi connectivity index (χ2n) is 3.87. The van der Waals surface area contributed by atoms with Gasteiger partial charge in [-0.25, -0.2) is 0 Å². The molecule has 2 rings (SSSR count). The number of halogens is 1. The van der Waals surface area contributed by atoms with Crippen molar-refractivity contribution in [2.24, 2.45) is 0 Å². The van der Waals surface area contributed by atoms with Crippen LogP contribution in [-0.4, -0.2) is 20.3 Å². The van der Waals surface area contributed by atoms with Crippen LogP contribution in [0.3, 0.4) is 0 Å². The lowest BCUT2D eigenvalue weighted by Crippen LogP contribution is -2.12. The molecule has 88 valence electrons. The molecule has 1 aliphatic rings. The number of hydrogen-bond donors (Lipinski definition) is 2. The van der Waals surface area contributed by atoms with Crippen LogP contribution in [0.2, 0.25) is 0 Å². The van der Waals surface area contributed by atoms with E-state index >= 15 is 0 Å². The molecule has 2 N–H and O–H groups in total. The van der Waals surface area contributed by atoms with Crippen molar-refractivity contribution in [2.45, 2.75) is 36.7 Å². The van der Waals surface area contributed by atoms with Crippen LogP contribution in [0, 0.1) is 0 Å². The van der Waals surface area contributed by atoms with Crippen LogP contribution in [0.15, 0.2) is 9.27 Å². The first-order valence-corrected chi connectivity index (χ1v) is 7.10. The number of aromatic amines is 1. The number of rotatable bonds is 3. The number of aromatic nitrogens is 2. The molecular weight excluding hydrogens is 292 g/mol. The monoisotopic (exact) mass is 304 g/mol. The minimum atomic E-state index is -0.325. The van der Waals surface area contributed by atoms with Gasteiger partial charge in [0.15, 0.2) is 0 Å². The van der Waals surface area contributed by atoms with Gasteiger partial charge in [-0.2, -0.15) is 16.7 Å². The molecule has 16 heavy (non-hydrogen) atoms. The summed E-state index contributed by atoms with van der Waals surface area (Å²) in [6.07, 6.45) is 5.09. The molecule has 4 nitrogen and oxygen atoms in total. The van der Waals surface area contributed by atoms with Crippen molar-refractivity contribution in [2.75, 3.05) is 0 Å². The molecule has 0 bridgehead atoms. The number of H-pyrrole nitrogens is 1. The van der Waals surface area contributed by atoms with E-state index in [0.717, 1.165) is 0 Å². The van der Waals surface area contributed by atoms with Crippen LogP contribution >= 0.6 is 27.7 Å². The Morgan fingerprint density at radius 2 is 2.19 bits per heavy atom. The van der Waals surface area contributed by atoms with Crippen molar-refractivity contribution in [3.8, 4) is 5.88 Å². The predicted molar refractivity (Wildman–Crippen MR) is 67.8 cm³/mol. The van der Waals surface area contributed by atoms with Gasteiger partial charge in [-0.05, 0) is 28.8 Å². The molecule has 1 aliphatic carbocycles. The van der Waals surface area contributed by atoms with E-state index in [1.54, 1.807) is 11.8 Å². The smallest absolute Gasteiger partial charge is 0.269 e. The second-order valence-corrected chi connectivity index (χ2v) is 5.95. The molecule has 0 amide bonds. The van der Waals surface area contributed by atoms with Gasteiger partial charge in [0, 0.05) is 5.25 Å². The Hall–Kier alpha value is -0.490. The van der Waals surface area contributed by atoms with E-state index in [9.17, 15) is 9.90 Å². The van der Waals surface area contributed by atoms with Crippen molar-refractivity contribution in [1.29, 1.82) is 0 Å². The maximum atomic E-state index is 11.3. The van der Waals surface area contributed by atoms with Gasteiger partial charge < -0.3 is 10.1 Å². The van der Waals surface area contributed by atoms with Gasteiger partial charge in [-0.1, -0.05) is 12.8 Å². The zero-order chi connectivity index (χ0) is 11.5. The molecule has 1 fully saturated rings. The SMILES string of the molecule is O=c1[nH]c(CSC2CCCC2)nc(O)c1Br. The summed E-state index contributed by atoms with van der Waals surface area (Å²) in [6.45, 7) is 0. The second kappa shape index (κ2) is 5.23. The summed E-state index contributed by atoms with van der Waals surface area (Å²) in [7, 11) is 0. The summed E-state index contributed by atoms with van der Waals surface area (Å²) in [4.78, 5) is 17.9. The molecule has 1 saturated carbocycles. The molecule has 0 aromatic carbocycles. The van der Waals surface area contributed by atoms with Gasteiger partial charge >= 0.3 is 0 Å². The van der Waals surface area contributed by atoms with E-state index in [1.165, 1.54) is 25.7 Å². The van der Waals surface area contributed by atoms with Gasteiger partial charge in [0.1, 0.15) is 10.3 Å². The molecule has 6 heteroatoms. The third-order valence-corrected chi connectivity index (χ3v) is 4.75. The van der Waals surface area contributed by atoms with Crippen LogP contribution < -0.4 is 5.56 Å². The van der Waals surface area contributed by atoms with E-state index in [2.05, 4.69) is 25.9 Å². The highest BCUT2D eigenvalue weighted by Crippen LogP contribution is 2.31. The number of hydrogen-bond acceptors (Lipinski definition) is 4. The molecule has 0 spiro atoms. The third kappa shape index (κ3) is 2.79. The Morgan fingerprint density at radius 3 is 2.81 bits per heavy atom. The van der Waals surface area contributed by atoms with Crippen molar-refractivity contribution >= 4 is 27.7 Å². The van der Waals surface area contributed by atoms with E-state index < -0.39 is 0 Å². The molecule has 0 aliphatic heterocycles. The molecule has 0 unspecified atom stereocenters. The van der Waals surface area contributed by atoms with Crippen LogP contribution in [-0.2, 0) is 5.75 Å². The molecule has 0 atom stereocenters. The van der Waals surface area contributed by atoms with Gasteiger partial charge in [0.2, 0.25) is 5.88 Å². The van der Waals surface area contributed by atoms with Crippen LogP contribution in [0.1, 0.15) is 31.5 Å². The van der Waals surface area contributed by atoms with Crippen molar-refractivity contribution in [3.05, 3.63) is 20.7 Å². The Kier molecular flexibility index (Phi) is 3.91. The van der Waals surface area contributed by atoms with Crippen LogP contribution in [0.5, 0.6) is 5.88 Å². The van der Waals surface area contributed by atoms with E-state index in [4.69, 9.17) is 0 Å². The topological polar surface area (TPSA) is 66.0 Å². The first-order chi connectivity index (χ1) is 7.66. The zero-order valence-electron chi connectivity index (χ0n) is 8.70. The highest BCUT2D eigenvalue weighted by Gasteiger charge is 2.16. The molecule has 1 aromatic heterocycles. The predicted octanol–water partition coefficient (Wildman–Crippen LogP) is 2.41. The van der Waals surface area contributed by atoms with Crippen molar-refractivity contribution in [1.82, 2.24) is 9.97 Å². The summed E-state index contributed by atoms with van der Waals surface area (Å²) < 4.78 is 0.0992. The molecular formula is C10H13BrN2O2S. The molecule has 1 aromatic rings. The maximum absolute atomic E-state index is 11.3. The number of nitrogens with one attached hydrogen (secondary N) is 1. The fourth-order valence-corrected chi connectivity index (χ4v) is 3.20. The highest BCUT2D eigenvalue weighted by molar-refractivity contribution is 9.10. The van der Waals surface area contributed by atoms with Crippen molar-refractivity contribution in [3.63, 3.8) is 0 Å². The summed E-state index contributed by atoms with van der Waals surface area (Å²) in [5, 5.41) is 10.1. The quantitative estimate of drug-likeness (QED) is 0.900. The Labute approximate surface area is 106 Å². The molecule has 1 heterocycles. The molecule has 0 saturated heterocycles. The lowest BCUT2D eigenvalue weighted by Gasteiger charge is -2.08. The highest BCUT2D eigenvalue weighted by atomic mass is 79.9. The average molecular weight is 305 g/mol. The van der Waals surface area contributed by atoms with Gasteiger partial charge in [0.05, 0.1) is 5.75 Å². The van der Waals surface area contributed by atoms with Gasteiger partial charge in [0.25, 0.3) is 5.56 Å². The fourth-order valence-electron chi connectivity index (χ4n) is 1.81. The zero-order valence-corrected chi connectivity index (χ0v) is 11.1. The summed E-state index contributed by atoms with van der Waals surface area (Å²) in [5.41, 5.74) is -0.325. The number of thioether (sulfide) groups is 1. The van der Waals surface area contributed by atoms with E-state index in [-0.39, 0.29) is 15.9 Å². The normalized spacial score (nSPS) is 16.8. The van der Waals surface area contributed by atoms with Gasteiger partial charge in [-0.15, -0.1) is 0 Å². The standard InChI is InChI=1S/C10H13BrN2O2S/c11-8-9(14)12-7(13-10(8)15)5-16-6-3-1-2-4-6/h6H,1-5H2,(H2,12,13,14,15). The largest absolute Gasteiger partial charge is 0.492 e. The van der Waals surface area contributed by atoms with Crippen LogP contribution in [0.4, 0.5) is 0 Å². The lowest BCUT2D eigenvalue weighted by atomic mass is 10.4. The Morgan fingerprint density at radius 1 is 1.50 bits per heavy atom. The van der Waals surface area contributed by atoms with Gasteiger partial charge in [-0.3, -0.25) is 4.79 Å². The Balaban J connectivity index is 2.01. The van der Waals surface area contributed by atoms with E-state index in [1.807, 2.05) is 0 Å². The lowest BCUT2D eigenvalue weighted by molar-refractivity contribution is 0.444. The summed E-state index contributed by atoms with van der Waals surface area (Å²) in [6, 6.07) is 0. The minimum Gasteiger partial charge on any atom is -0.492 e. The number of nitrogens with zero attached hydrogens (tertiary/aromatic N) is 1. The van der Waals surface area contributed by atoms with Crippen molar-refractivity contribution < 1.29 is 5.11 Å². The number of aromatic hydroxyl groups is 1. The minimum absolute atomic E-state index is 0.0992. The third-order valence-electron chi connectivity index (χ3n) is 2.65. The molecule has 0 radical (unpaired) electrons. The van der Waals surface area contributed by atoms with E-state index in [0.29, 0.717) is 16.8 Å². The fraction of sp³-hybridized carbons (Fsp3) is 0.600. The maximum Gasteiger partial charge on any atom is 0.269 e. The first kappa shape index (κ1) is 12.0. The summed E-state index contributed by atoms with van der Waals surface area (Å²) >= 11 is 4.77. The van der Waals surface area contributed by atoms with Crippen LogP contribution in [0.25, 0.3) is 0 Å².